The van der Waals surface area contributed by atoms with E-state index >= 15 is 0 Å². The van der Waals surface area contributed by atoms with Gasteiger partial charge in [-0.1, -0.05) is 0 Å². The van der Waals surface area contributed by atoms with Gasteiger partial charge in [-0.3, -0.25) is 0 Å². The molecule has 0 atom stereocenters. The quantitative estimate of drug-likeness (QED) is 0.907. The van der Waals surface area contributed by atoms with Crippen molar-refractivity contribution in [3.05, 3.63) is 33.6 Å². The largest absolute Gasteiger partial charge is 0.494 e. The van der Waals surface area contributed by atoms with E-state index in [9.17, 15) is 0 Å². The Bertz CT molecular complexity index is 563. The summed E-state index contributed by atoms with van der Waals surface area (Å²) in [5, 5.41) is 6.36. The van der Waals surface area contributed by atoms with Crippen LogP contribution in [-0.2, 0) is 6.54 Å². The van der Waals surface area contributed by atoms with Gasteiger partial charge in [-0.2, -0.15) is 0 Å². The molecule has 102 valence electrons. The highest BCUT2D eigenvalue weighted by atomic mass is 32.1. The van der Waals surface area contributed by atoms with E-state index in [4.69, 9.17) is 4.74 Å². The number of ether oxygens (including phenoxy) is 1. The number of aryl methyl sites for hydroxylation is 2. The van der Waals surface area contributed by atoms with Crippen LogP contribution in [0, 0.1) is 13.8 Å². The van der Waals surface area contributed by atoms with Crippen LogP contribution in [0.1, 0.15) is 23.1 Å². The zero-order chi connectivity index (χ0) is 13.8. The Morgan fingerprint density at radius 1 is 1.26 bits per heavy atom. The first kappa shape index (κ1) is 14.0. The molecule has 2 aromatic rings. The highest BCUT2D eigenvalue weighted by Gasteiger charge is 2.10. The third-order valence-electron chi connectivity index (χ3n) is 2.98. The highest BCUT2D eigenvalue weighted by Crippen LogP contribution is 2.30. The van der Waals surface area contributed by atoms with Crippen LogP contribution in [0.25, 0.3) is 11.3 Å². The fourth-order valence-corrected chi connectivity index (χ4v) is 2.85. The van der Waals surface area contributed by atoms with Crippen molar-refractivity contribution in [1.82, 2.24) is 10.3 Å². The molecule has 19 heavy (non-hydrogen) atoms. The van der Waals surface area contributed by atoms with Gasteiger partial charge in [-0.15, -0.1) is 11.3 Å². The second kappa shape index (κ2) is 6.17. The van der Waals surface area contributed by atoms with Crippen LogP contribution >= 0.6 is 11.3 Å². The third kappa shape index (κ3) is 3.14. The van der Waals surface area contributed by atoms with Crippen molar-refractivity contribution in [2.45, 2.75) is 27.3 Å². The SMILES string of the molecule is CCOc1cc(C)c(-c2csc(CNC)n2)cc1C. The summed E-state index contributed by atoms with van der Waals surface area (Å²) < 4.78 is 5.62. The zero-order valence-corrected chi connectivity index (χ0v) is 12.7. The average molecular weight is 276 g/mol. The predicted octanol–water partition coefficient (Wildman–Crippen LogP) is 3.55. The first-order valence-electron chi connectivity index (χ1n) is 6.49. The molecule has 4 heteroatoms. The van der Waals surface area contributed by atoms with E-state index in [0.717, 1.165) is 28.6 Å². The Kier molecular flexibility index (Phi) is 4.56. The molecule has 0 aliphatic carbocycles. The summed E-state index contributed by atoms with van der Waals surface area (Å²) >= 11 is 1.69. The lowest BCUT2D eigenvalue weighted by Gasteiger charge is -2.11. The van der Waals surface area contributed by atoms with Gasteiger partial charge < -0.3 is 10.1 Å². The van der Waals surface area contributed by atoms with E-state index in [1.165, 1.54) is 11.1 Å². The van der Waals surface area contributed by atoms with Gasteiger partial charge in [-0.25, -0.2) is 4.98 Å². The van der Waals surface area contributed by atoms with Crippen LogP contribution in [0.5, 0.6) is 5.75 Å². The molecule has 0 bridgehead atoms. The summed E-state index contributed by atoms with van der Waals surface area (Å²) in [6.45, 7) is 7.71. The molecule has 0 spiro atoms. The van der Waals surface area contributed by atoms with Crippen LogP contribution in [-0.4, -0.2) is 18.6 Å². The molecule has 0 unspecified atom stereocenters. The number of aromatic nitrogens is 1. The molecule has 1 aromatic heterocycles. The predicted molar refractivity (Wildman–Crippen MR) is 81.0 cm³/mol. The molecule has 0 saturated carbocycles. The maximum atomic E-state index is 5.62. The summed E-state index contributed by atoms with van der Waals surface area (Å²) in [4.78, 5) is 4.66. The number of nitrogens with zero attached hydrogens (tertiary/aromatic N) is 1. The van der Waals surface area contributed by atoms with Gasteiger partial charge in [0, 0.05) is 17.5 Å². The Hall–Kier alpha value is -1.39. The molecular weight excluding hydrogens is 256 g/mol. The minimum Gasteiger partial charge on any atom is -0.494 e. The van der Waals surface area contributed by atoms with Crippen molar-refractivity contribution in [1.29, 1.82) is 0 Å². The van der Waals surface area contributed by atoms with E-state index in [0.29, 0.717) is 6.61 Å². The number of nitrogens with one attached hydrogen (secondary N) is 1. The van der Waals surface area contributed by atoms with Gasteiger partial charge in [0.1, 0.15) is 10.8 Å². The molecule has 3 nitrogen and oxygen atoms in total. The van der Waals surface area contributed by atoms with Gasteiger partial charge in [0.25, 0.3) is 0 Å². The lowest BCUT2D eigenvalue weighted by molar-refractivity contribution is 0.337. The van der Waals surface area contributed by atoms with Crippen molar-refractivity contribution >= 4 is 11.3 Å². The fourth-order valence-electron chi connectivity index (χ4n) is 2.04. The van der Waals surface area contributed by atoms with E-state index in [1.807, 2.05) is 14.0 Å². The second-order valence-electron chi connectivity index (χ2n) is 4.52. The first-order chi connectivity index (χ1) is 9.15. The van der Waals surface area contributed by atoms with E-state index < -0.39 is 0 Å². The maximum absolute atomic E-state index is 5.62. The van der Waals surface area contributed by atoms with Crippen molar-refractivity contribution in [2.24, 2.45) is 0 Å². The van der Waals surface area contributed by atoms with Crippen molar-refractivity contribution in [2.75, 3.05) is 13.7 Å². The summed E-state index contributed by atoms with van der Waals surface area (Å²) in [6.07, 6.45) is 0. The lowest BCUT2D eigenvalue weighted by atomic mass is 10.0. The minimum absolute atomic E-state index is 0.697. The Morgan fingerprint density at radius 3 is 2.74 bits per heavy atom. The monoisotopic (exact) mass is 276 g/mol. The van der Waals surface area contributed by atoms with Crippen molar-refractivity contribution in [3.8, 4) is 17.0 Å². The summed E-state index contributed by atoms with van der Waals surface area (Å²) in [6, 6.07) is 4.27. The van der Waals surface area contributed by atoms with Crippen LogP contribution in [0.2, 0.25) is 0 Å². The number of rotatable bonds is 5. The topological polar surface area (TPSA) is 34.1 Å². The molecule has 1 aromatic carbocycles. The first-order valence-corrected chi connectivity index (χ1v) is 7.37. The highest BCUT2D eigenvalue weighted by molar-refractivity contribution is 7.09. The van der Waals surface area contributed by atoms with Crippen LogP contribution < -0.4 is 10.1 Å². The summed E-state index contributed by atoms with van der Waals surface area (Å²) in [5.74, 6) is 0.967. The summed E-state index contributed by atoms with van der Waals surface area (Å²) in [5.41, 5.74) is 4.61. The minimum atomic E-state index is 0.697. The van der Waals surface area contributed by atoms with Gasteiger partial charge in [0.05, 0.1) is 12.3 Å². The Labute approximate surface area is 118 Å². The van der Waals surface area contributed by atoms with Crippen molar-refractivity contribution in [3.63, 3.8) is 0 Å². The lowest BCUT2D eigenvalue weighted by Crippen LogP contribution is -2.04. The molecule has 0 radical (unpaired) electrons. The molecule has 1 heterocycles. The normalized spacial score (nSPS) is 10.7. The number of hydrogen-bond donors (Lipinski definition) is 1. The summed E-state index contributed by atoms with van der Waals surface area (Å²) in [7, 11) is 1.94. The molecule has 2 rings (SSSR count). The third-order valence-corrected chi connectivity index (χ3v) is 3.83. The van der Waals surface area contributed by atoms with Crippen molar-refractivity contribution < 1.29 is 4.74 Å². The van der Waals surface area contributed by atoms with E-state index in [1.54, 1.807) is 11.3 Å². The molecule has 0 amide bonds. The zero-order valence-electron chi connectivity index (χ0n) is 11.9. The van der Waals surface area contributed by atoms with Gasteiger partial charge >= 0.3 is 0 Å². The second-order valence-corrected chi connectivity index (χ2v) is 5.47. The molecule has 1 N–H and O–H groups in total. The van der Waals surface area contributed by atoms with Crippen LogP contribution in [0.15, 0.2) is 17.5 Å². The van der Waals surface area contributed by atoms with Gasteiger partial charge in [-0.05, 0) is 51.1 Å². The van der Waals surface area contributed by atoms with Gasteiger partial charge in [0.2, 0.25) is 0 Å². The van der Waals surface area contributed by atoms with E-state index in [2.05, 4.69) is 41.7 Å². The van der Waals surface area contributed by atoms with E-state index in [-0.39, 0.29) is 0 Å². The van der Waals surface area contributed by atoms with Crippen LogP contribution in [0.4, 0.5) is 0 Å². The molecule has 0 aliphatic heterocycles. The maximum Gasteiger partial charge on any atom is 0.122 e. The van der Waals surface area contributed by atoms with Crippen LogP contribution in [0.3, 0.4) is 0 Å². The number of benzene rings is 1. The standard InChI is InChI=1S/C15H20N2OS/c1-5-18-14-7-10(2)12(6-11(14)3)13-9-19-15(17-13)8-16-4/h6-7,9,16H,5,8H2,1-4H3. The molecule has 0 fully saturated rings. The fraction of sp³-hybridized carbons (Fsp3) is 0.400. The van der Waals surface area contributed by atoms with Gasteiger partial charge in [0.15, 0.2) is 0 Å². The smallest absolute Gasteiger partial charge is 0.122 e. The number of thiazole rings is 1. The molecular formula is C15H20N2OS. The Balaban J connectivity index is 2.36. The number of hydrogen-bond acceptors (Lipinski definition) is 4. The Morgan fingerprint density at radius 2 is 2.05 bits per heavy atom. The molecule has 0 saturated heterocycles. The average Bonchev–Trinajstić information content (AvgIpc) is 2.82. The molecule has 0 aliphatic rings.